The minimum atomic E-state index is -4.39. The number of amides is 1. The Kier molecular flexibility index (Phi) is 3.49. The molecule has 0 radical (unpaired) electrons. The monoisotopic (exact) mass is 436 g/mol. The summed E-state index contributed by atoms with van der Waals surface area (Å²) in [6.07, 6.45) is 0. The fourth-order valence-corrected chi connectivity index (χ4v) is 4.45. The molecule has 2 heterocycles. The van der Waals surface area contributed by atoms with Crippen LogP contribution in [0.4, 0.5) is 5.69 Å². The highest BCUT2D eigenvalue weighted by Crippen LogP contribution is 2.48. The molecule has 1 aliphatic heterocycles. The molecular weight excluding hydrogens is 424 g/mol. The summed E-state index contributed by atoms with van der Waals surface area (Å²) in [5.74, 6) is -0.582. The molecule has 1 aliphatic carbocycles. The molecule has 4 aromatic rings. The summed E-state index contributed by atoms with van der Waals surface area (Å²) >= 11 is 0. The molecule has 1 aromatic heterocycles. The maximum atomic E-state index is 11.9. The van der Waals surface area contributed by atoms with Gasteiger partial charge in [0.15, 0.2) is 0 Å². The van der Waals surface area contributed by atoms with Gasteiger partial charge < -0.3 is 5.73 Å². The number of benzene rings is 3. The predicted octanol–water partition coefficient (Wildman–Crippen LogP) is 2.42. The summed E-state index contributed by atoms with van der Waals surface area (Å²) in [7, 11) is -4.39. The molecule has 2 aliphatic rings. The Hall–Kier alpha value is -3.64. The van der Waals surface area contributed by atoms with Crippen LogP contribution in [0.2, 0.25) is 0 Å². The molecule has 1 saturated heterocycles. The van der Waals surface area contributed by atoms with E-state index in [1.807, 2.05) is 6.07 Å². The number of aromatic nitrogens is 2. The Morgan fingerprint density at radius 2 is 1.71 bits per heavy atom. The molecule has 1 fully saturated rings. The highest BCUT2D eigenvalue weighted by molar-refractivity contribution is 7.85. The Bertz CT molecular complexity index is 1580. The van der Waals surface area contributed by atoms with Crippen molar-refractivity contribution in [1.29, 1.82) is 0 Å². The van der Waals surface area contributed by atoms with E-state index in [9.17, 15) is 17.8 Å². The van der Waals surface area contributed by atoms with Gasteiger partial charge in [0.2, 0.25) is 12.7 Å². The zero-order valence-electron chi connectivity index (χ0n) is 15.6. The van der Waals surface area contributed by atoms with Gasteiger partial charge in [-0.2, -0.15) is 8.42 Å². The first kappa shape index (κ1) is 18.2. The number of nitrogens with zero attached hydrogens (tertiary/aromatic N) is 3. The van der Waals surface area contributed by atoms with Gasteiger partial charge in [-0.3, -0.25) is 9.35 Å². The van der Waals surface area contributed by atoms with Crippen LogP contribution in [0.3, 0.4) is 0 Å². The van der Waals surface area contributed by atoms with E-state index in [2.05, 4.69) is 9.97 Å². The summed E-state index contributed by atoms with van der Waals surface area (Å²) < 4.78 is 32.4. The minimum absolute atomic E-state index is 0.124. The number of hydrogen-bond acceptors (Lipinski definition) is 8. The smallest absolute Gasteiger partial charge is 0.294 e. The summed E-state index contributed by atoms with van der Waals surface area (Å²) in [5.41, 5.74) is 9.63. The van der Waals surface area contributed by atoms with Gasteiger partial charge in [0.05, 0.1) is 33.0 Å². The molecule has 0 saturated carbocycles. The van der Waals surface area contributed by atoms with Crippen molar-refractivity contribution in [3.63, 3.8) is 0 Å². The van der Waals surface area contributed by atoms with Crippen LogP contribution < -0.4 is 11.0 Å². The lowest BCUT2D eigenvalue weighted by Crippen LogP contribution is -2.36. The zero-order valence-corrected chi connectivity index (χ0v) is 16.4. The van der Waals surface area contributed by atoms with Crippen LogP contribution >= 0.6 is 0 Å². The van der Waals surface area contributed by atoms with E-state index in [-0.39, 0.29) is 11.7 Å². The fourth-order valence-electron chi connectivity index (χ4n) is 3.95. The van der Waals surface area contributed by atoms with Crippen molar-refractivity contribution in [3.8, 4) is 22.5 Å². The van der Waals surface area contributed by atoms with Crippen molar-refractivity contribution in [3.05, 3.63) is 48.0 Å². The van der Waals surface area contributed by atoms with Gasteiger partial charge in [0, 0.05) is 22.1 Å². The van der Waals surface area contributed by atoms with Crippen molar-refractivity contribution in [2.45, 2.75) is 4.90 Å². The normalized spacial score (nSPS) is 14.7. The van der Waals surface area contributed by atoms with E-state index in [0.717, 1.165) is 16.3 Å². The number of hydrogen-bond donors (Lipinski definition) is 2. The van der Waals surface area contributed by atoms with Gasteiger partial charge in [0.1, 0.15) is 0 Å². The molecule has 6 rings (SSSR count). The number of rotatable bonds is 3. The fraction of sp³-hybridized carbons (Fsp3) is 0.0500. The number of fused-ring (bicyclic) bond motifs is 4. The van der Waals surface area contributed by atoms with Crippen LogP contribution in [-0.2, 0) is 19.8 Å². The predicted molar refractivity (Wildman–Crippen MR) is 109 cm³/mol. The van der Waals surface area contributed by atoms with Crippen molar-refractivity contribution < 1.29 is 27.4 Å². The Morgan fingerprint density at radius 1 is 1.00 bits per heavy atom. The molecule has 11 heteroatoms. The molecule has 31 heavy (non-hydrogen) atoms. The summed E-state index contributed by atoms with van der Waals surface area (Å²) in [5, 5.41) is 2.80. The van der Waals surface area contributed by atoms with E-state index in [1.165, 1.54) is 23.4 Å². The first-order valence-electron chi connectivity index (χ1n) is 9.07. The third-order valence-corrected chi connectivity index (χ3v) is 6.16. The number of nitrogens with two attached hydrogens (primary N) is 1. The van der Waals surface area contributed by atoms with Gasteiger partial charge in [-0.1, -0.05) is 0 Å². The number of carbonyl (C=O) groups excluding carboxylic acids is 1. The topological polar surface area (TPSA) is 145 Å². The van der Waals surface area contributed by atoms with Gasteiger partial charge in [-0.15, -0.1) is 5.23 Å². The van der Waals surface area contributed by atoms with Crippen molar-refractivity contribution in [2.75, 3.05) is 12.0 Å². The van der Waals surface area contributed by atoms with E-state index >= 15 is 0 Å². The molecule has 0 unspecified atom stereocenters. The zero-order chi connectivity index (χ0) is 21.5. The van der Waals surface area contributed by atoms with Crippen LogP contribution in [0, 0.1) is 0 Å². The Labute approximate surface area is 174 Å². The SMILES string of the molecule is NC(=O)c1cc2c3c(cc(N4OCO4)cc3c1)-c1nc3cc(S(=O)(=O)O)ccc3nc1-2. The number of anilines is 1. The molecule has 10 nitrogen and oxygen atoms in total. The molecule has 0 atom stereocenters. The lowest BCUT2D eigenvalue weighted by molar-refractivity contribution is -0.277. The molecule has 0 spiro atoms. The minimum Gasteiger partial charge on any atom is -0.366 e. The van der Waals surface area contributed by atoms with Crippen molar-refractivity contribution in [2.24, 2.45) is 5.73 Å². The van der Waals surface area contributed by atoms with Crippen LogP contribution in [0.15, 0.2) is 47.4 Å². The van der Waals surface area contributed by atoms with E-state index in [1.54, 1.807) is 18.2 Å². The first-order valence-corrected chi connectivity index (χ1v) is 10.5. The quantitative estimate of drug-likeness (QED) is 0.407. The number of carbonyl (C=O) groups is 1. The molecular formula is C20H12N4O6S. The maximum Gasteiger partial charge on any atom is 0.294 e. The van der Waals surface area contributed by atoms with Gasteiger partial charge in [-0.05, 0) is 47.9 Å². The highest BCUT2D eigenvalue weighted by Gasteiger charge is 2.29. The summed E-state index contributed by atoms with van der Waals surface area (Å²) in [4.78, 5) is 31.5. The van der Waals surface area contributed by atoms with Gasteiger partial charge >= 0.3 is 0 Å². The summed E-state index contributed by atoms with van der Waals surface area (Å²) in [6.45, 7) is 0.124. The second kappa shape index (κ2) is 5.95. The van der Waals surface area contributed by atoms with E-state index < -0.39 is 16.0 Å². The largest absolute Gasteiger partial charge is 0.366 e. The van der Waals surface area contributed by atoms with Crippen molar-refractivity contribution in [1.82, 2.24) is 9.97 Å². The maximum absolute atomic E-state index is 11.9. The molecule has 3 aromatic carbocycles. The lowest BCUT2D eigenvalue weighted by atomic mass is 9.99. The van der Waals surface area contributed by atoms with Crippen LogP contribution in [0.5, 0.6) is 0 Å². The third kappa shape index (κ3) is 2.61. The average Bonchev–Trinajstić information content (AvgIpc) is 2.98. The van der Waals surface area contributed by atoms with Crippen LogP contribution in [0.1, 0.15) is 10.4 Å². The van der Waals surface area contributed by atoms with Crippen LogP contribution in [-0.4, -0.2) is 35.6 Å². The first-order chi connectivity index (χ1) is 14.8. The third-order valence-electron chi connectivity index (χ3n) is 5.31. The molecule has 0 bridgehead atoms. The average molecular weight is 436 g/mol. The molecule has 1 amide bonds. The Balaban J connectivity index is 1.68. The molecule has 154 valence electrons. The second-order valence-corrected chi connectivity index (χ2v) is 8.58. The van der Waals surface area contributed by atoms with E-state index in [0.29, 0.717) is 39.2 Å². The van der Waals surface area contributed by atoms with Crippen LogP contribution in [0.25, 0.3) is 44.3 Å². The van der Waals surface area contributed by atoms with E-state index in [4.69, 9.17) is 15.4 Å². The van der Waals surface area contributed by atoms with Gasteiger partial charge in [0.25, 0.3) is 10.1 Å². The number of primary amides is 1. The molecule has 3 N–H and O–H groups in total. The van der Waals surface area contributed by atoms with Crippen molar-refractivity contribution >= 4 is 43.5 Å². The lowest BCUT2D eigenvalue weighted by Gasteiger charge is -2.30. The van der Waals surface area contributed by atoms with Gasteiger partial charge in [-0.25, -0.2) is 19.6 Å². The highest BCUT2D eigenvalue weighted by atomic mass is 32.2. The Morgan fingerprint density at radius 3 is 2.35 bits per heavy atom. The summed E-state index contributed by atoms with van der Waals surface area (Å²) in [6, 6.07) is 11.0. The standard InChI is InChI=1S/C20H12N4O6S/c21-20(25)10-3-9-4-11(24-29-8-30-24)6-14-17(9)13(5-10)18-19(14)23-16-7-12(31(26,27)28)1-2-15(16)22-18/h1-7H,8H2,(H2,21,25)(H,26,27,28). The second-order valence-electron chi connectivity index (χ2n) is 7.16.